The molecule has 0 fully saturated rings. The Morgan fingerprint density at radius 2 is 1.93 bits per heavy atom. The summed E-state index contributed by atoms with van der Waals surface area (Å²) < 4.78 is 34.9. The number of alkyl halides is 2. The van der Waals surface area contributed by atoms with Gasteiger partial charge < -0.3 is 15.2 Å². The van der Waals surface area contributed by atoms with Crippen LogP contribution in [0.15, 0.2) is 47.5 Å². The van der Waals surface area contributed by atoms with Crippen molar-refractivity contribution in [3.05, 3.63) is 64.7 Å². The monoisotopic (exact) mass is 389 g/mol. The number of rotatable bonds is 6. The van der Waals surface area contributed by atoms with Gasteiger partial charge in [-0.05, 0) is 41.3 Å². The number of benzene rings is 2. The number of halogens is 2. The average Bonchev–Trinajstić information content (AvgIpc) is 2.88. The number of aryl methyl sites for hydroxylation is 1. The van der Waals surface area contributed by atoms with Crippen molar-refractivity contribution in [3.63, 3.8) is 0 Å². The summed E-state index contributed by atoms with van der Waals surface area (Å²) in [6, 6.07) is 11.9. The quantitative estimate of drug-likeness (QED) is 0.824. The molecular weight excluding hydrogens is 368 g/mol. The van der Waals surface area contributed by atoms with Crippen molar-refractivity contribution in [3.8, 4) is 5.75 Å². The van der Waals surface area contributed by atoms with Gasteiger partial charge in [0.15, 0.2) is 11.5 Å². The van der Waals surface area contributed by atoms with Crippen molar-refractivity contribution in [1.82, 2.24) is 4.90 Å². The van der Waals surface area contributed by atoms with Crippen molar-refractivity contribution in [2.45, 2.75) is 25.7 Å². The molecular formula is C20H21F2N3O3. The molecule has 8 heteroatoms. The number of aliphatic imine (C=N–C) groups is 1. The Morgan fingerprint density at radius 3 is 2.50 bits per heavy atom. The third-order valence-electron chi connectivity index (χ3n) is 4.70. The number of amides is 1. The summed E-state index contributed by atoms with van der Waals surface area (Å²) in [6.07, 6.45) is 0. The van der Waals surface area contributed by atoms with Gasteiger partial charge in [0, 0.05) is 14.2 Å². The molecule has 0 radical (unpaired) electrons. The summed E-state index contributed by atoms with van der Waals surface area (Å²) in [5, 5.41) is 0. The molecule has 2 aromatic rings. The molecule has 0 aromatic heterocycles. The molecule has 0 unspecified atom stereocenters. The van der Waals surface area contributed by atoms with Crippen LogP contribution in [0.4, 0.5) is 8.78 Å². The Kier molecular flexibility index (Phi) is 5.33. The first-order valence-electron chi connectivity index (χ1n) is 8.57. The molecule has 1 amide bonds. The first kappa shape index (κ1) is 19.8. The molecule has 1 atom stereocenters. The zero-order chi connectivity index (χ0) is 20.5. The lowest BCUT2D eigenvalue weighted by atomic mass is 9.81. The number of carbonyl (C=O) groups is 1. The van der Waals surface area contributed by atoms with Gasteiger partial charge in [-0.2, -0.15) is 8.78 Å². The number of methoxy groups -OCH3 is 1. The Labute approximate surface area is 161 Å². The molecule has 1 heterocycles. The van der Waals surface area contributed by atoms with E-state index in [1.54, 1.807) is 39.3 Å². The maximum atomic E-state index is 13.2. The van der Waals surface area contributed by atoms with Crippen LogP contribution in [0.5, 0.6) is 5.75 Å². The van der Waals surface area contributed by atoms with Crippen LogP contribution in [0.2, 0.25) is 0 Å². The summed E-state index contributed by atoms with van der Waals surface area (Å²) >= 11 is 0. The van der Waals surface area contributed by atoms with E-state index in [-0.39, 0.29) is 17.6 Å². The lowest BCUT2D eigenvalue weighted by molar-refractivity contribution is -0.129. The zero-order valence-corrected chi connectivity index (χ0v) is 15.8. The van der Waals surface area contributed by atoms with Gasteiger partial charge in [-0.1, -0.05) is 30.3 Å². The van der Waals surface area contributed by atoms with Crippen LogP contribution < -0.4 is 10.5 Å². The number of guanidine groups is 1. The summed E-state index contributed by atoms with van der Waals surface area (Å²) in [4.78, 5) is 19.0. The van der Waals surface area contributed by atoms with Crippen molar-refractivity contribution in [1.29, 1.82) is 0 Å². The van der Waals surface area contributed by atoms with Gasteiger partial charge in [-0.3, -0.25) is 9.69 Å². The molecule has 2 aromatic carbocycles. The first-order chi connectivity index (χ1) is 13.3. The molecule has 1 aliphatic heterocycles. The van der Waals surface area contributed by atoms with E-state index in [0.717, 1.165) is 5.56 Å². The van der Waals surface area contributed by atoms with E-state index >= 15 is 0 Å². The normalized spacial score (nSPS) is 19.3. The number of ether oxygens (including phenoxy) is 2. The smallest absolute Gasteiger partial charge is 0.387 e. The fraction of sp³-hybridized carbons (Fsp3) is 0.300. The highest BCUT2D eigenvalue weighted by Crippen LogP contribution is 2.41. The number of hydrogen-bond donors (Lipinski definition) is 1. The number of likely N-dealkylation sites (N-methyl/N-ethyl adjacent to an activating group) is 1. The third kappa shape index (κ3) is 3.31. The van der Waals surface area contributed by atoms with E-state index in [4.69, 9.17) is 10.5 Å². The van der Waals surface area contributed by atoms with Gasteiger partial charge in [0.05, 0.1) is 6.61 Å². The molecule has 0 bridgehead atoms. The molecule has 28 heavy (non-hydrogen) atoms. The van der Waals surface area contributed by atoms with Crippen LogP contribution in [-0.2, 0) is 21.7 Å². The van der Waals surface area contributed by atoms with Crippen LogP contribution >= 0.6 is 0 Å². The van der Waals surface area contributed by atoms with E-state index < -0.39 is 12.2 Å². The molecule has 6 nitrogen and oxygen atoms in total. The Balaban J connectivity index is 2.18. The van der Waals surface area contributed by atoms with Crippen LogP contribution in [0.3, 0.4) is 0 Å². The number of nitrogens with two attached hydrogens (primary N) is 1. The summed E-state index contributed by atoms with van der Waals surface area (Å²) in [7, 11) is 3.13. The molecule has 148 valence electrons. The maximum Gasteiger partial charge on any atom is 0.387 e. The zero-order valence-electron chi connectivity index (χ0n) is 15.8. The van der Waals surface area contributed by atoms with Gasteiger partial charge in [-0.15, -0.1) is 0 Å². The third-order valence-corrected chi connectivity index (χ3v) is 4.70. The Morgan fingerprint density at radius 1 is 1.21 bits per heavy atom. The van der Waals surface area contributed by atoms with Crippen molar-refractivity contribution >= 4 is 11.9 Å². The highest BCUT2D eigenvalue weighted by Gasteiger charge is 2.49. The highest BCUT2D eigenvalue weighted by atomic mass is 19.3. The molecule has 2 N–H and O–H groups in total. The van der Waals surface area contributed by atoms with Crippen LogP contribution in [0, 0.1) is 6.92 Å². The van der Waals surface area contributed by atoms with Gasteiger partial charge in [0.2, 0.25) is 0 Å². The SMILES string of the molecule is COCc1cccc([C@@]2(c3ccc(OC(F)F)c(C)c3)N=C(N)N(C)C2=O)c1. The fourth-order valence-electron chi connectivity index (χ4n) is 3.34. The number of carbonyl (C=O) groups excluding carboxylic acids is 1. The molecule has 0 spiro atoms. The van der Waals surface area contributed by atoms with Gasteiger partial charge in [-0.25, -0.2) is 4.99 Å². The standard InChI is InChI=1S/C20H21F2N3O3/c1-12-9-15(7-8-16(12)28-18(21)22)20(17(26)25(2)19(23)24-20)14-6-4-5-13(10-14)11-27-3/h4-10,18H,11H2,1-3H3,(H2,23,24)/t20-/m0/s1. The fourth-order valence-corrected chi connectivity index (χ4v) is 3.34. The van der Waals surface area contributed by atoms with Crippen molar-refractivity contribution in [2.24, 2.45) is 10.7 Å². The minimum absolute atomic E-state index is 0.0396. The van der Waals surface area contributed by atoms with E-state index in [2.05, 4.69) is 9.73 Å². The highest BCUT2D eigenvalue weighted by molar-refractivity contribution is 6.08. The Hall–Kier alpha value is -3.00. The summed E-state index contributed by atoms with van der Waals surface area (Å²) in [5.41, 5.74) is 7.00. The van der Waals surface area contributed by atoms with Crippen LogP contribution in [0.25, 0.3) is 0 Å². The van der Waals surface area contributed by atoms with Crippen molar-refractivity contribution in [2.75, 3.05) is 14.2 Å². The maximum absolute atomic E-state index is 13.2. The van der Waals surface area contributed by atoms with Crippen LogP contribution in [-0.4, -0.2) is 37.5 Å². The predicted octanol–water partition coefficient (Wildman–Crippen LogP) is 2.77. The molecule has 1 aliphatic rings. The average molecular weight is 389 g/mol. The van der Waals surface area contributed by atoms with Gasteiger partial charge in [0.1, 0.15) is 5.75 Å². The van der Waals surface area contributed by atoms with E-state index in [1.165, 1.54) is 11.0 Å². The first-order valence-corrected chi connectivity index (χ1v) is 8.57. The molecule has 0 saturated carbocycles. The lowest BCUT2D eigenvalue weighted by Crippen LogP contribution is -2.41. The predicted molar refractivity (Wildman–Crippen MR) is 100 cm³/mol. The minimum Gasteiger partial charge on any atom is -0.435 e. The summed E-state index contributed by atoms with van der Waals surface area (Å²) in [5.74, 6) is -0.216. The van der Waals surface area contributed by atoms with E-state index in [9.17, 15) is 13.6 Å². The van der Waals surface area contributed by atoms with Gasteiger partial charge >= 0.3 is 6.61 Å². The number of hydrogen-bond acceptors (Lipinski definition) is 5. The van der Waals surface area contributed by atoms with E-state index in [0.29, 0.717) is 23.3 Å². The largest absolute Gasteiger partial charge is 0.435 e. The van der Waals surface area contributed by atoms with Crippen molar-refractivity contribution < 1.29 is 23.0 Å². The van der Waals surface area contributed by atoms with E-state index in [1.807, 2.05) is 18.2 Å². The second kappa shape index (κ2) is 7.55. The second-order valence-electron chi connectivity index (χ2n) is 6.54. The summed E-state index contributed by atoms with van der Waals surface area (Å²) in [6.45, 7) is -0.933. The molecule has 0 aliphatic carbocycles. The molecule has 0 saturated heterocycles. The van der Waals surface area contributed by atoms with Gasteiger partial charge in [0.25, 0.3) is 5.91 Å². The second-order valence-corrected chi connectivity index (χ2v) is 6.54. The number of nitrogens with zero attached hydrogens (tertiary/aromatic N) is 2. The van der Waals surface area contributed by atoms with Crippen LogP contribution in [0.1, 0.15) is 22.3 Å². The topological polar surface area (TPSA) is 77.2 Å². The minimum atomic E-state index is -2.93. The lowest BCUT2D eigenvalue weighted by Gasteiger charge is -2.27. The molecule has 3 rings (SSSR count). The Bertz CT molecular complexity index is 933.